The number of amides is 1. The first-order chi connectivity index (χ1) is 12.8. The van der Waals surface area contributed by atoms with Crippen LogP contribution in [0, 0.1) is 0 Å². The molecule has 0 bridgehead atoms. The van der Waals surface area contributed by atoms with Gasteiger partial charge in [0, 0.05) is 11.8 Å². The predicted octanol–water partition coefficient (Wildman–Crippen LogP) is -1.54. The number of phenolic OH excluding ortho intramolecular Hbond substituents is 1. The summed E-state index contributed by atoms with van der Waals surface area (Å²) in [6, 6.07) is 12.0. The van der Waals surface area contributed by atoms with Gasteiger partial charge in [-0.15, -0.1) is 0 Å². The molecule has 148 valence electrons. The number of halogens is 1. The average molecular weight is 423 g/mol. The first-order valence-electron chi connectivity index (χ1n) is 8.05. The summed E-state index contributed by atoms with van der Waals surface area (Å²) in [7, 11) is -1.96. The molecule has 0 unspecified atom stereocenters. The van der Waals surface area contributed by atoms with Gasteiger partial charge in [0.05, 0.1) is 17.6 Å². The summed E-state index contributed by atoms with van der Waals surface area (Å²) in [5.74, 6) is -0.567. The van der Waals surface area contributed by atoms with Crippen LogP contribution < -0.4 is 27.0 Å². The molecule has 3 rings (SSSR count). The number of hydrogen-bond acceptors (Lipinski definition) is 4. The lowest BCUT2D eigenvalue weighted by atomic mass is 10.2. The lowest BCUT2D eigenvalue weighted by molar-refractivity contribution is -0.671. The first kappa shape index (κ1) is 21.3. The second-order valence-corrected chi connectivity index (χ2v) is 7.63. The number of anilines is 2. The van der Waals surface area contributed by atoms with Crippen molar-refractivity contribution in [3.63, 3.8) is 0 Å². The molecule has 0 saturated carbocycles. The van der Waals surface area contributed by atoms with E-state index in [-0.39, 0.29) is 41.2 Å². The standard InChI is InChI=1S/C18H18N4O4S.ClH/c1-21-9-10-22(13-21)12-18(24)19-14-7-8-16(17(23)11-14)20-27(25,26)15-5-3-2-4-6-15;/h2-11,13,20H,12H2,1H3,(H-,19,23,24);1H. The molecule has 0 aliphatic carbocycles. The van der Waals surface area contributed by atoms with Crippen LogP contribution >= 0.6 is 0 Å². The van der Waals surface area contributed by atoms with Crippen LogP contribution in [0.3, 0.4) is 0 Å². The average Bonchev–Trinajstić information content (AvgIpc) is 3.02. The molecule has 10 heteroatoms. The van der Waals surface area contributed by atoms with Gasteiger partial charge in [0.15, 0.2) is 6.54 Å². The fourth-order valence-electron chi connectivity index (χ4n) is 2.46. The Labute approximate surface area is 168 Å². The summed E-state index contributed by atoms with van der Waals surface area (Å²) in [6.45, 7) is 0.115. The minimum Gasteiger partial charge on any atom is -1.00 e. The van der Waals surface area contributed by atoms with Gasteiger partial charge >= 0.3 is 0 Å². The van der Waals surface area contributed by atoms with Gasteiger partial charge in [-0.2, -0.15) is 0 Å². The molecule has 0 aliphatic rings. The normalized spacial score (nSPS) is 10.8. The third-order valence-electron chi connectivity index (χ3n) is 3.73. The predicted molar refractivity (Wildman–Crippen MR) is 99.6 cm³/mol. The molecule has 2 aromatic carbocycles. The Morgan fingerprint density at radius 3 is 2.50 bits per heavy atom. The van der Waals surface area contributed by atoms with Crippen LogP contribution in [-0.4, -0.2) is 24.0 Å². The summed E-state index contributed by atoms with van der Waals surface area (Å²) in [6.07, 6.45) is 5.34. The summed E-state index contributed by atoms with van der Waals surface area (Å²) in [5, 5.41) is 12.8. The van der Waals surface area contributed by atoms with Crippen molar-refractivity contribution < 1.29 is 35.3 Å². The fourth-order valence-corrected chi connectivity index (χ4v) is 3.56. The fraction of sp³-hybridized carbons (Fsp3) is 0.111. The molecule has 8 nitrogen and oxygen atoms in total. The third kappa shape index (κ3) is 5.24. The van der Waals surface area contributed by atoms with Gasteiger partial charge in [0.2, 0.25) is 6.33 Å². The lowest BCUT2D eigenvalue weighted by Crippen LogP contribution is -3.00. The minimum absolute atomic E-state index is 0. The smallest absolute Gasteiger partial charge is 0.266 e. The van der Waals surface area contributed by atoms with E-state index in [4.69, 9.17) is 0 Å². The summed E-state index contributed by atoms with van der Waals surface area (Å²) in [4.78, 5) is 12.2. The van der Waals surface area contributed by atoms with Gasteiger partial charge in [-0.25, -0.2) is 17.6 Å². The topological polar surface area (TPSA) is 104 Å². The number of nitrogens with zero attached hydrogens (tertiary/aromatic N) is 2. The number of imidazole rings is 1. The zero-order chi connectivity index (χ0) is 19.4. The second-order valence-electron chi connectivity index (χ2n) is 5.95. The maximum atomic E-state index is 12.3. The van der Waals surface area contributed by atoms with E-state index in [2.05, 4.69) is 10.0 Å². The Bertz CT molecular complexity index is 1070. The van der Waals surface area contributed by atoms with E-state index in [1.54, 1.807) is 35.3 Å². The van der Waals surface area contributed by atoms with E-state index in [0.717, 1.165) is 0 Å². The molecule has 0 spiro atoms. The van der Waals surface area contributed by atoms with Crippen molar-refractivity contribution in [3.05, 3.63) is 67.3 Å². The molecular formula is C18H19ClN4O4S. The molecule has 0 fully saturated rings. The summed E-state index contributed by atoms with van der Waals surface area (Å²) in [5.41, 5.74) is 0.381. The lowest BCUT2D eigenvalue weighted by Gasteiger charge is -2.11. The highest BCUT2D eigenvalue weighted by molar-refractivity contribution is 7.92. The van der Waals surface area contributed by atoms with Crippen molar-refractivity contribution in [2.75, 3.05) is 10.0 Å². The van der Waals surface area contributed by atoms with Crippen molar-refractivity contribution in [2.45, 2.75) is 11.4 Å². The van der Waals surface area contributed by atoms with Crippen LogP contribution in [0.1, 0.15) is 0 Å². The molecule has 1 heterocycles. The zero-order valence-corrected chi connectivity index (χ0v) is 16.5. The van der Waals surface area contributed by atoms with Crippen molar-refractivity contribution in [1.82, 2.24) is 4.57 Å². The monoisotopic (exact) mass is 422 g/mol. The molecule has 3 aromatic rings. The molecule has 0 aliphatic heterocycles. The van der Waals surface area contributed by atoms with Crippen molar-refractivity contribution >= 4 is 27.3 Å². The van der Waals surface area contributed by atoms with E-state index < -0.39 is 10.0 Å². The first-order valence-corrected chi connectivity index (χ1v) is 9.53. The number of sulfonamides is 1. The Morgan fingerprint density at radius 2 is 1.89 bits per heavy atom. The molecule has 0 atom stereocenters. The Morgan fingerprint density at radius 1 is 1.18 bits per heavy atom. The van der Waals surface area contributed by atoms with Gasteiger partial charge in [-0.05, 0) is 24.3 Å². The Kier molecular flexibility index (Phi) is 6.66. The van der Waals surface area contributed by atoms with Crippen LogP contribution in [0.2, 0.25) is 0 Å². The number of aromatic nitrogens is 2. The highest BCUT2D eigenvalue weighted by atomic mass is 35.5. The van der Waals surface area contributed by atoms with Crippen molar-refractivity contribution in [2.24, 2.45) is 7.05 Å². The van der Waals surface area contributed by atoms with Gasteiger partial charge in [-0.1, -0.05) is 18.2 Å². The van der Waals surface area contributed by atoms with Crippen molar-refractivity contribution in [3.8, 4) is 5.75 Å². The van der Waals surface area contributed by atoms with Crippen LogP contribution in [0.5, 0.6) is 5.75 Å². The maximum Gasteiger partial charge on any atom is 0.266 e. The SMILES string of the molecule is C[n+]1ccn(CC(=O)Nc2ccc(NS(=O)(=O)c3ccccc3)c(O)c2)c1.[Cl-]. The number of carbonyl (C=O) groups is 1. The minimum atomic E-state index is -3.81. The van der Waals surface area contributed by atoms with Crippen LogP contribution in [0.4, 0.5) is 11.4 Å². The molecular weight excluding hydrogens is 404 g/mol. The number of phenols is 1. The van der Waals surface area contributed by atoms with E-state index in [1.165, 1.54) is 30.3 Å². The van der Waals surface area contributed by atoms with Crippen LogP contribution in [0.15, 0.2) is 72.1 Å². The van der Waals surface area contributed by atoms with Gasteiger partial charge in [0.1, 0.15) is 18.1 Å². The molecule has 1 aromatic heterocycles. The number of rotatable bonds is 6. The van der Waals surface area contributed by atoms with Gasteiger partial charge < -0.3 is 22.8 Å². The van der Waals surface area contributed by atoms with Crippen molar-refractivity contribution in [1.29, 1.82) is 0 Å². The number of hydrogen-bond donors (Lipinski definition) is 3. The van der Waals surface area contributed by atoms with Crippen LogP contribution in [-0.2, 0) is 28.4 Å². The van der Waals surface area contributed by atoms with E-state index in [9.17, 15) is 18.3 Å². The van der Waals surface area contributed by atoms with Gasteiger partial charge in [-0.3, -0.25) is 9.52 Å². The molecule has 3 N–H and O–H groups in total. The second kappa shape index (κ2) is 8.77. The van der Waals surface area contributed by atoms with E-state index in [1.807, 2.05) is 17.8 Å². The number of nitrogens with one attached hydrogen (secondary N) is 2. The number of aromatic hydroxyl groups is 1. The summed E-state index contributed by atoms with van der Waals surface area (Å²) < 4.78 is 30.5. The highest BCUT2D eigenvalue weighted by Gasteiger charge is 2.16. The van der Waals surface area contributed by atoms with E-state index in [0.29, 0.717) is 5.69 Å². The molecule has 1 amide bonds. The van der Waals surface area contributed by atoms with Gasteiger partial charge in [0.25, 0.3) is 15.9 Å². The number of aryl methyl sites for hydroxylation is 1. The zero-order valence-electron chi connectivity index (χ0n) is 14.9. The Balaban J connectivity index is 0.00000280. The highest BCUT2D eigenvalue weighted by Crippen LogP contribution is 2.29. The quantitative estimate of drug-likeness (QED) is 0.331. The van der Waals surface area contributed by atoms with Crippen LogP contribution in [0.25, 0.3) is 0 Å². The van der Waals surface area contributed by atoms with E-state index >= 15 is 0 Å². The largest absolute Gasteiger partial charge is 1.00 e. The maximum absolute atomic E-state index is 12.3. The third-order valence-corrected chi connectivity index (χ3v) is 5.11. The molecule has 0 radical (unpaired) electrons. The molecule has 0 saturated heterocycles. The molecule has 28 heavy (non-hydrogen) atoms. The summed E-state index contributed by atoms with van der Waals surface area (Å²) >= 11 is 0. The Hall–Kier alpha value is -3.04. The number of benzene rings is 2. The number of carbonyl (C=O) groups excluding carboxylic acids is 1.